The number of aromatic carboxylic acids is 1. The van der Waals surface area contributed by atoms with Crippen molar-refractivity contribution in [2.45, 2.75) is 40.0 Å². The molecule has 0 saturated carbocycles. The SMILES string of the molecule is CCC1(C)CCN(c2cc(C)ccc2C(=O)O)CC1. The summed E-state index contributed by atoms with van der Waals surface area (Å²) in [6, 6.07) is 5.59. The van der Waals surface area contributed by atoms with Crippen molar-refractivity contribution >= 4 is 11.7 Å². The number of benzene rings is 1. The number of nitrogens with zero attached hydrogens (tertiary/aromatic N) is 1. The monoisotopic (exact) mass is 261 g/mol. The van der Waals surface area contributed by atoms with E-state index in [-0.39, 0.29) is 0 Å². The minimum absolute atomic E-state index is 0.420. The van der Waals surface area contributed by atoms with E-state index in [9.17, 15) is 9.90 Å². The van der Waals surface area contributed by atoms with Gasteiger partial charge in [-0.25, -0.2) is 4.79 Å². The van der Waals surface area contributed by atoms with Crippen LogP contribution in [0.4, 0.5) is 5.69 Å². The van der Waals surface area contributed by atoms with Crippen LogP contribution in [0.1, 0.15) is 49.0 Å². The second-order valence-corrected chi connectivity index (χ2v) is 5.98. The third-order valence-corrected chi connectivity index (χ3v) is 4.55. The van der Waals surface area contributed by atoms with Crippen LogP contribution in [0, 0.1) is 12.3 Å². The summed E-state index contributed by atoms with van der Waals surface area (Å²) in [6.45, 7) is 8.49. The van der Waals surface area contributed by atoms with E-state index in [4.69, 9.17) is 0 Å². The number of hydrogen-bond donors (Lipinski definition) is 1. The molecule has 0 aromatic heterocycles. The molecular weight excluding hydrogens is 238 g/mol. The van der Waals surface area contributed by atoms with Crippen molar-refractivity contribution < 1.29 is 9.90 Å². The van der Waals surface area contributed by atoms with Crippen LogP contribution in [0.15, 0.2) is 18.2 Å². The Labute approximate surface area is 115 Å². The maximum atomic E-state index is 11.3. The molecular formula is C16H23NO2. The Kier molecular flexibility index (Phi) is 3.83. The standard InChI is InChI=1S/C16H23NO2/c1-4-16(3)7-9-17(10-8-16)14-11-12(2)5-6-13(14)15(18)19/h5-6,11H,4,7-10H2,1-3H3,(H,18,19). The zero-order valence-electron chi connectivity index (χ0n) is 12.1. The van der Waals surface area contributed by atoms with Gasteiger partial charge in [-0.15, -0.1) is 0 Å². The Hall–Kier alpha value is -1.51. The zero-order valence-corrected chi connectivity index (χ0v) is 12.1. The molecule has 1 aliphatic rings. The first kappa shape index (κ1) is 13.9. The predicted octanol–water partition coefficient (Wildman–Crippen LogP) is 3.71. The largest absolute Gasteiger partial charge is 0.478 e. The highest BCUT2D eigenvalue weighted by Gasteiger charge is 2.29. The lowest BCUT2D eigenvalue weighted by Gasteiger charge is -2.40. The molecule has 1 aliphatic heterocycles. The molecule has 0 unspecified atom stereocenters. The van der Waals surface area contributed by atoms with Gasteiger partial charge in [0.1, 0.15) is 0 Å². The summed E-state index contributed by atoms with van der Waals surface area (Å²) in [5.74, 6) is -0.834. The van der Waals surface area contributed by atoms with E-state index < -0.39 is 5.97 Å². The van der Waals surface area contributed by atoms with Crippen LogP contribution in [0.2, 0.25) is 0 Å². The van der Waals surface area contributed by atoms with Crippen molar-refractivity contribution in [3.8, 4) is 0 Å². The number of rotatable bonds is 3. The fourth-order valence-corrected chi connectivity index (χ4v) is 2.73. The number of carboxylic acids is 1. The average molecular weight is 261 g/mol. The van der Waals surface area contributed by atoms with E-state index in [1.165, 1.54) is 6.42 Å². The fourth-order valence-electron chi connectivity index (χ4n) is 2.73. The number of anilines is 1. The fraction of sp³-hybridized carbons (Fsp3) is 0.562. The maximum absolute atomic E-state index is 11.3. The van der Waals surface area contributed by atoms with Gasteiger partial charge in [0.15, 0.2) is 0 Å². The molecule has 0 amide bonds. The summed E-state index contributed by atoms with van der Waals surface area (Å²) in [5.41, 5.74) is 2.84. The van der Waals surface area contributed by atoms with Crippen LogP contribution in [-0.4, -0.2) is 24.2 Å². The van der Waals surface area contributed by atoms with Crippen molar-refractivity contribution in [3.05, 3.63) is 29.3 Å². The minimum Gasteiger partial charge on any atom is -0.478 e. The van der Waals surface area contributed by atoms with Crippen LogP contribution in [0.3, 0.4) is 0 Å². The predicted molar refractivity (Wildman–Crippen MR) is 78.0 cm³/mol. The van der Waals surface area contributed by atoms with Gasteiger partial charge >= 0.3 is 5.97 Å². The molecule has 3 heteroatoms. The summed E-state index contributed by atoms with van der Waals surface area (Å²) < 4.78 is 0. The first-order valence-electron chi connectivity index (χ1n) is 7.04. The third kappa shape index (κ3) is 2.91. The van der Waals surface area contributed by atoms with E-state index >= 15 is 0 Å². The number of carboxylic acid groups (broad SMARTS) is 1. The molecule has 19 heavy (non-hydrogen) atoms. The van der Waals surface area contributed by atoms with E-state index in [1.54, 1.807) is 6.07 Å². The number of hydrogen-bond acceptors (Lipinski definition) is 2. The lowest BCUT2D eigenvalue weighted by atomic mass is 9.78. The highest BCUT2D eigenvalue weighted by atomic mass is 16.4. The van der Waals surface area contributed by atoms with E-state index in [0.29, 0.717) is 11.0 Å². The summed E-state index contributed by atoms with van der Waals surface area (Å²) in [7, 11) is 0. The van der Waals surface area contributed by atoms with Crippen LogP contribution < -0.4 is 4.90 Å². The Morgan fingerprint density at radius 3 is 2.53 bits per heavy atom. The number of carbonyl (C=O) groups is 1. The van der Waals surface area contributed by atoms with Gasteiger partial charge in [0, 0.05) is 13.1 Å². The Bertz CT molecular complexity index is 474. The van der Waals surface area contributed by atoms with Gasteiger partial charge in [0.2, 0.25) is 0 Å². The number of aryl methyl sites for hydroxylation is 1. The topological polar surface area (TPSA) is 40.5 Å². The molecule has 104 valence electrons. The lowest BCUT2D eigenvalue weighted by molar-refractivity contribution is 0.0697. The van der Waals surface area contributed by atoms with Crippen molar-refractivity contribution in [2.75, 3.05) is 18.0 Å². The molecule has 1 N–H and O–H groups in total. The molecule has 1 aromatic rings. The highest BCUT2D eigenvalue weighted by molar-refractivity contribution is 5.94. The zero-order chi connectivity index (χ0) is 14.0. The van der Waals surface area contributed by atoms with Crippen LogP contribution in [0.25, 0.3) is 0 Å². The van der Waals surface area contributed by atoms with Gasteiger partial charge < -0.3 is 10.0 Å². The second-order valence-electron chi connectivity index (χ2n) is 5.98. The first-order chi connectivity index (χ1) is 8.95. The van der Waals surface area contributed by atoms with Gasteiger partial charge in [-0.05, 0) is 42.9 Å². The molecule has 0 spiro atoms. The van der Waals surface area contributed by atoms with Crippen molar-refractivity contribution in [1.29, 1.82) is 0 Å². The molecule has 0 aliphatic carbocycles. The summed E-state index contributed by atoms with van der Waals surface area (Å²) in [6.07, 6.45) is 3.47. The van der Waals surface area contributed by atoms with Gasteiger partial charge in [-0.1, -0.05) is 26.3 Å². The molecule has 0 radical (unpaired) electrons. The molecule has 1 saturated heterocycles. The maximum Gasteiger partial charge on any atom is 0.337 e. The van der Waals surface area contributed by atoms with Gasteiger partial charge in [-0.3, -0.25) is 0 Å². The number of piperidine rings is 1. The smallest absolute Gasteiger partial charge is 0.337 e. The van der Waals surface area contributed by atoms with Crippen LogP contribution >= 0.6 is 0 Å². The summed E-state index contributed by atoms with van der Waals surface area (Å²) >= 11 is 0. The van der Waals surface area contributed by atoms with E-state index in [1.807, 2.05) is 19.1 Å². The molecule has 3 nitrogen and oxygen atoms in total. The lowest BCUT2D eigenvalue weighted by Crippen LogP contribution is -2.39. The molecule has 2 rings (SSSR count). The van der Waals surface area contributed by atoms with Crippen molar-refractivity contribution in [3.63, 3.8) is 0 Å². The highest BCUT2D eigenvalue weighted by Crippen LogP contribution is 2.36. The van der Waals surface area contributed by atoms with E-state index in [2.05, 4.69) is 18.7 Å². The van der Waals surface area contributed by atoms with Crippen molar-refractivity contribution in [1.82, 2.24) is 0 Å². The quantitative estimate of drug-likeness (QED) is 0.901. The second kappa shape index (κ2) is 5.24. The van der Waals surface area contributed by atoms with Gasteiger partial charge in [-0.2, -0.15) is 0 Å². The Morgan fingerprint density at radius 2 is 2.00 bits per heavy atom. The van der Waals surface area contributed by atoms with Gasteiger partial charge in [0.05, 0.1) is 11.3 Å². The van der Waals surface area contributed by atoms with Crippen molar-refractivity contribution in [2.24, 2.45) is 5.41 Å². The summed E-state index contributed by atoms with van der Waals surface area (Å²) in [4.78, 5) is 13.6. The molecule has 1 fully saturated rings. The molecule has 0 atom stereocenters. The Balaban J connectivity index is 2.24. The van der Waals surface area contributed by atoms with Gasteiger partial charge in [0.25, 0.3) is 0 Å². The van der Waals surface area contributed by atoms with Crippen LogP contribution in [-0.2, 0) is 0 Å². The van der Waals surface area contributed by atoms with Crippen LogP contribution in [0.5, 0.6) is 0 Å². The van der Waals surface area contributed by atoms with E-state index in [0.717, 1.165) is 37.2 Å². The molecule has 1 heterocycles. The normalized spacial score (nSPS) is 18.4. The Morgan fingerprint density at radius 1 is 1.37 bits per heavy atom. The first-order valence-corrected chi connectivity index (χ1v) is 7.04. The third-order valence-electron chi connectivity index (χ3n) is 4.55. The minimum atomic E-state index is -0.834. The molecule has 1 aromatic carbocycles. The molecule has 0 bridgehead atoms. The summed E-state index contributed by atoms with van der Waals surface area (Å²) in [5, 5.41) is 9.31. The average Bonchev–Trinajstić information content (AvgIpc) is 2.39.